The highest BCUT2D eigenvalue weighted by molar-refractivity contribution is 9.10. The number of rotatable bonds is 8. The highest BCUT2D eigenvalue weighted by atomic mass is 79.9. The molecule has 0 radical (unpaired) electrons. The highest BCUT2D eigenvalue weighted by Crippen LogP contribution is 2.28. The average Bonchev–Trinajstić information content (AvgIpc) is 2.39. The fourth-order valence-electron chi connectivity index (χ4n) is 2.06. The first-order valence-electron chi connectivity index (χ1n) is 7.34. The Kier molecular flexibility index (Phi) is 8.11. The molecule has 0 aromatic heterocycles. The largest absolute Gasteiger partial charge is 0.310 e. The summed E-state index contributed by atoms with van der Waals surface area (Å²) < 4.78 is 1.03. The van der Waals surface area contributed by atoms with E-state index in [1.54, 1.807) is 0 Å². The summed E-state index contributed by atoms with van der Waals surface area (Å²) in [6, 6.07) is 7.05. The normalized spacial score (nSPS) is 13.2. The van der Waals surface area contributed by atoms with Gasteiger partial charge in [-0.05, 0) is 64.5 Å². The van der Waals surface area contributed by atoms with Gasteiger partial charge >= 0.3 is 0 Å². The maximum Gasteiger partial charge on any atom is 0.0465 e. The van der Waals surface area contributed by atoms with Crippen LogP contribution in [0.15, 0.2) is 22.7 Å². The van der Waals surface area contributed by atoms with E-state index in [-0.39, 0.29) is 0 Å². The Hall–Kier alpha value is -0.0900. The fraction of sp³-hybridized carbons (Fsp3) is 0.625. The Bertz CT molecular complexity index is 409. The number of hydrogen-bond acceptors (Lipinski definition) is 2. The molecule has 0 fully saturated rings. The number of nitrogens with one attached hydrogen (secondary N) is 1. The molecule has 0 aliphatic carbocycles. The Morgan fingerprint density at radius 1 is 1.35 bits per heavy atom. The van der Waals surface area contributed by atoms with Gasteiger partial charge in [-0.2, -0.15) is 0 Å². The van der Waals surface area contributed by atoms with Gasteiger partial charge in [-0.15, -0.1) is 0 Å². The molecular formula is C16H26BrClN2. The first-order valence-corrected chi connectivity index (χ1v) is 8.51. The van der Waals surface area contributed by atoms with E-state index in [4.69, 9.17) is 11.6 Å². The van der Waals surface area contributed by atoms with Crippen LogP contribution >= 0.6 is 27.5 Å². The predicted octanol–water partition coefficient (Wildman–Crippen LogP) is 4.87. The van der Waals surface area contributed by atoms with Crippen LogP contribution in [0.4, 0.5) is 0 Å². The van der Waals surface area contributed by atoms with Gasteiger partial charge in [-0.1, -0.05) is 40.5 Å². The summed E-state index contributed by atoms with van der Waals surface area (Å²) in [5, 5.41) is 4.45. The molecule has 0 amide bonds. The van der Waals surface area contributed by atoms with Gasteiger partial charge in [0.1, 0.15) is 0 Å². The Balaban J connectivity index is 2.77. The average molecular weight is 362 g/mol. The molecule has 1 aromatic rings. The van der Waals surface area contributed by atoms with E-state index < -0.39 is 0 Å². The molecule has 1 N–H and O–H groups in total. The van der Waals surface area contributed by atoms with E-state index >= 15 is 0 Å². The molecule has 20 heavy (non-hydrogen) atoms. The van der Waals surface area contributed by atoms with Crippen LogP contribution in [-0.4, -0.2) is 31.1 Å². The van der Waals surface area contributed by atoms with Crippen LogP contribution in [0.5, 0.6) is 0 Å². The lowest BCUT2D eigenvalue weighted by molar-refractivity contribution is 0.256. The van der Waals surface area contributed by atoms with E-state index in [1.165, 1.54) is 5.56 Å². The van der Waals surface area contributed by atoms with Crippen molar-refractivity contribution < 1.29 is 0 Å². The van der Waals surface area contributed by atoms with Crippen LogP contribution in [0.3, 0.4) is 0 Å². The first kappa shape index (κ1) is 18.0. The Morgan fingerprint density at radius 2 is 2.05 bits per heavy atom. The molecule has 0 aliphatic rings. The minimum atomic E-state index is 0.316. The second-order valence-corrected chi connectivity index (χ2v) is 6.86. The quantitative estimate of drug-likeness (QED) is 0.710. The molecule has 1 aromatic carbocycles. The predicted molar refractivity (Wildman–Crippen MR) is 92.6 cm³/mol. The van der Waals surface area contributed by atoms with Crippen LogP contribution in [0.1, 0.15) is 45.2 Å². The van der Waals surface area contributed by atoms with E-state index in [0.29, 0.717) is 12.1 Å². The maximum absolute atomic E-state index is 6.40. The monoisotopic (exact) mass is 360 g/mol. The summed E-state index contributed by atoms with van der Waals surface area (Å²) in [5.41, 5.74) is 1.19. The summed E-state index contributed by atoms with van der Waals surface area (Å²) in [7, 11) is 2.17. The lowest BCUT2D eigenvalue weighted by Gasteiger charge is -2.26. The van der Waals surface area contributed by atoms with Gasteiger partial charge in [0, 0.05) is 21.6 Å². The Morgan fingerprint density at radius 3 is 2.60 bits per heavy atom. The van der Waals surface area contributed by atoms with Crippen molar-refractivity contribution in [3.8, 4) is 0 Å². The smallest absolute Gasteiger partial charge is 0.0465 e. The molecule has 1 atom stereocenters. The van der Waals surface area contributed by atoms with E-state index in [1.807, 2.05) is 6.07 Å². The summed E-state index contributed by atoms with van der Waals surface area (Å²) in [6.07, 6.45) is 2.20. The van der Waals surface area contributed by atoms with Crippen LogP contribution in [0, 0.1) is 0 Å². The molecule has 2 nitrogen and oxygen atoms in total. The van der Waals surface area contributed by atoms with E-state index in [2.05, 4.69) is 66.1 Å². The first-order chi connectivity index (χ1) is 9.45. The number of halogens is 2. The van der Waals surface area contributed by atoms with E-state index in [0.717, 1.165) is 35.4 Å². The van der Waals surface area contributed by atoms with Crippen molar-refractivity contribution in [3.63, 3.8) is 0 Å². The number of nitrogens with zero attached hydrogens (tertiary/aromatic N) is 1. The second-order valence-electron chi connectivity index (χ2n) is 5.54. The van der Waals surface area contributed by atoms with Crippen molar-refractivity contribution in [2.24, 2.45) is 0 Å². The molecule has 0 saturated heterocycles. The summed E-state index contributed by atoms with van der Waals surface area (Å²) in [4.78, 5) is 2.37. The summed E-state index contributed by atoms with van der Waals surface area (Å²) in [5.74, 6) is 0. The molecule has 4 heteroatoms. The Labute approximate surface area is 137 Å². The molecule has 0 heterocycles. The van der Waals surface area contributed by atoms with E-state index in [9.17, 15) is 0 Å². The third kappa shape index (κ3) is 5.72. The van der Waals surface area contributed by atoms with Crippen molar-refractivity contribution in [1.82, 2.24) is 10.2 Å². The molecule has 114 valence electrons. The maximum atomic E-state index is 6.40. The summed E-state index contributed by atoms with van der Waals surface area (Å²) in [6.45, 7) is 8.71. The van der Waals surface area contributed by atoms with Crippen LogP contribution in [0.25, 0.3) is 0 Å². The SMILES string of the molecule is CCCNC(CCN(C)C(C)C)c1ccc(Br)cc1Cl. The van der Waals surface area contributed by atoms with Crippen molar-refractivity contribution in [3.05, 3.63) is 33.3 Å². The van der Waals surface area contributed by atoms with Crippen molar-refractivity contribution in [2.75, 3.05) is 20.1 Å². The molecular weight excluding hydrogens is 336 g/mol. The fourth-order valence-corrected chi connectivity index (χ4v) is 2.87. The molecule has 1 unspecified atom stereocenters. The molecule has 1 rings (SSSR count). The topological polar surface area (TPSA) is 15.3 Å². The van der Waals surface area contributed by atoms with Gasteiger partial charge in [0.25, 0.3) is 0 Å². The molecule has 0 aliphatic heterocycles. The number of benzene rings is 1. The zero-order chi connectivity index (χ0) is 15.1. The van der Waals surface area contributed by atoms with Crippen molar-refractivity contribution in [1.29, 1.82) is 0 Å². The van der Waals surface area contributed by atoms with Crippen LogP contribution in [-0.2, 0) is 0 Å². The minimum Gasteiger partial charge on any atom is -0.310 e. The second kappa shape index (κ2) is 9.04. The van der Waals surface area contributed by atoms with Gasteiger partial charge in [0.15, 0.2) is 0 Å². The number of hydrogen-bond donors (Lipinski definition) is 1. The molecule has 0 bridgehead atoms. The lowest BCUT2D eigenvalue weighted by Crippen LogP contribution is -2.31. The van der Waals surface area contributed by atoms with Gasteiger partial charge < -0.3 is 10.2 Å². The highest BCUT2D eigenvalue weighted by Gasteiger charge is 2.15. The molecule has 0 saturated carbocycles. The van der Waals surface area contributed by atoms with Crippen molar-refractivity contribution in [2.45, 2.75) is 45.7 Å². The molecule has 0 spiro atoms. The van der Waals surface area contributed by atoms with Crippen molar-refractivity contribution >= 4 is 27.5 Å². The lowest BCUT2D eigenvalue weighted by atomic mass is 10.0. The van der Waals surface area contributed by atoms with Gasteiger partial charge in [-0.3, -0.25) is 0 Å². The minimum absolute atomic E-state index is 0.316. The zero-order valence-electron chi connectivity index (χ0n) is 12.9. The van der Waals surface area contributed by atoms with Crippen LogP contribution < -0.4 is 5.32 Å². The van der Waals surface area contributed by atoms with Gasteiger partial charge in [0.05, 0.1) is 0 Å². The van der Waals surface area contributed by atoms with Gasteiger partial charge in [-0.25, -0.2) is 0 Å². The standard InChI is InChI=1S/C16H26BrClN2/c1-5-9-19-16(8-10-20(4)12(2)3)14-7-6-13(17)11-15(14)18/h6-7,11-12,16,19H,5,8-10H2,1-4H3. The summed E-state index contributed by atoms with van der Waals surface area (Å²) >= 11 is 9.86. The third-order valence-corrected chi connectivity index (χ3v) is 4.45. The third-order valence-electron chi connectivity index (χ3n) is 3.63. The van der Waals surface area contributed by atoms with Gasteiger partial charge in [0.2, 0.25) is 0 Å². The zero-order valence-corrected chi connectivity index (χ0v) is 15.3. The van der Waals surface area contributed by atoms with Crippen LogP contribution in [0.2, 0.25) is 5.02 Å².